The number of esters is 1. The number of carbonyl (C=O) groups is 3. The number of halogens is 1. The molecule has 0 bridgehead atoms. The number of allylic oxidation sites excluding steroid dienone is 1. The van der Waals surface area contributed by atoms with Crippen molar-refractivity contribution in [3.05, 3.63) is 157 Å². The van der Waals surface area contributed by atoms with Gasteiger partial charge >= 0.3 is 5.97 Å². The molecule has 7 nitrogen and oxygen atoms in total. The lowest BCUT2D eigenvalue weighted by molar-refractivity contribution is -0.154. The molecule has 2 amide bonds. The van der Waals surface area contributed by atoms with Gasteiger partial charge in [0.15, 0.2) is 11.5 Å². The van der Waals surface area contributed by atoms with Crippen LogP contribution in [0.1, 0.15) is 22.1 Å². The zero-order valence-electron chi connectivity index (χ0n) is 25.6. The third-order valence-corrected chi connectivity index (χ3v) is 12.2. The van der Waals surface area contributed by atoms with Gasteiger partial charge in [0.25, 0.3) is 5.91 Å². The fourth-order valence-corrected chi connectivity index (χ4v) is 9.68. The van der Waals surface area contributed by atoms with Crippen LogP contribution in [0.4, 0.5) is 4.39 Å². The summed E-state index contributed by atoms with van der Waals surface area (Å²) in [4.78, 5) is 55.7. The molecule has 1 unspecified atom stereocenters. The van der Waals surface area contributed by atoms with Crippen molar-refractivity contribution in [3.63, 3.8) is 0 Å². The van der Waals surface area contributed by atoms with Crippen LogP contribution in [0.15, 0.2) is 134 Å². The number of β-lactam (4-membered cyclic amide) rings is 1. The van der Waals surface area contributed by atoms with Crippen LogP contribution in [0, 0.1) is 5.82 Å². The van der Waals surface area contributed by atoms with Gasteiger partial charge in [0.05, 0.1) is 10.6 Å². The molecule has 0 radical (unpaired) electrons. The minimum absolute atomic E-state index is 0.111. The number of nitrogens with zero attached hydrogens (tertiary/aromatic N) is 1. The van der Waals surface area contributed by atoms with Gasteiger partial charge in [0.2, 0.25) is 5.91 Å². The summed E-state index contributed by atoms with van der Waals surface area (Å²) in [5.74, 6) is -1.39. The molecule has 5 aromatic rings. The summed E-state index contributed by atoms with van der Waals surface area (Å²) in [7, 11) is 0. The highest BCUT2D eigenvalue weighted by Crippen LogP contribution is 2.42. The van der Waals surface area contributed by atoms with E-state index in [-0.39, 0.29) is 23.5 Å². The minimum atomic E-state index is -0.783. The molecule has 4 heterocycles. The summed E-state index contributed by atoms with van der Waals surface area (Å²) in [6.07, 6.45) is 1.17. The zero-order valence-corrected chi connectivity index (χ0v) is 28.9. The Balaban J connectivity index is 1.19. The van der Waals surface area contributed by atoms with Gasteiger partial charge in [-0.2, -0.15) is 0 Å². The summed E-state index contributed by atoms with van der Waals surface area (Å²) in [6.45, 7) is 0. The predicted molar refractivity (Wildman–Crippen MR) is 194 cm³/mol. The van der Waals surface area contributed by atoms with E-state index in [1.54, 1.807) is 11.5 Å². The van der Waals surface area contributed by atoms with E-state index in [2.05, 4.69) is 5.32 Å². The molecule has 7 rings (SSSR count). The van der Waals surface area contributed by atoms with Crippen LogP contribution < -0.4 is 10.7 Å². The molecular formula is C37H27FN2O5S4. The monoisotopic (exact) mass is 726 g/mol. The number of thiophene rings is 1. The summed E-state index contributed by atoms with van der Waals surface area (Å²) < 4.78 is 21.3. The molecule has 2 atom stereocenters. The average Bonchev–Trinajstić information content (AvgIpc) is 3.62. The molecule has 1 fully saturated rings. The number of fused-ring (bicyclic) bond motifs is 2. The fraction of sp³-hybridized carbons (Fsp3) is 0.135. The Hall–Kier alpha value is -4.49. The van der Waals surface area contributed by atoms with Gasteiger partial charge in [0.1, 0.15) is 22.9 Å². The van der Waals surface area contributed by atoms with Gasteiger partial charge in [-0.15, -0.1) is 34.4 Å². The van der Waals surface area contributed by atoms with E-state index in [0.717, 1.165) is 16.0 Å². The maximum Gasteiger partial charge on any atom is 0.356 e. The van der Waals surface area contributed by atoms with E-state index < -0.39 is 35.2 Å². The number of benzene rings is 3. The van der Waals surface area contributed by atoms with Crippen molar-refractivity contribution in [1.29, 1.82) is 0 Å². The zero-order chi connectivity index (χ0) is 33.9. The molecule has 49 heavy (non-hydrogen) atoms. The van der Waals surface area contributed by atoms with E-state index in [1.807, 2.05) is 78.2 Å². The fourth-order valence-electron chi connectivity index (χ4n) is 5.65. The molecule has 2 aromatic heterocycles. The summed E-state index contributed by atoms with van der Waals surface area (Å²) in [5, 5.41) is 6.46. The first-order valence-electron chi connectivity index (χ1n) is 15.2. The highest BCUT2D eigenvalue weighted by Gasteiger charge is 2.54. The first kappa shape index (κ1) is 33.0. The average molecular weight is 727 g/mol. The Bertz CT molecular complexity index is 2110. The van der Waals surface area contributed by atoms with E-state index in [0.29, 0.717) is 25.6 Å². The number of ether oxygens (including phenoxy) is 1. The van der Waals surface area contributed by atoms with Crippen LogP contribution in [0.2, 0.25) is 0 Å². The quantitative estimate of drug-likeness (QED) is 0.0918. The molecule has 0 spiro atoms. The standard InChI is InChI=1S/C37H27FN2O5S4/c38-25-13-14-27-28(41)20-31(49-29(27)18-25)47-17-15-24-21-48-36-32(39-30(42)19-26-12-7-16-46-26)35(43)40(36)33(24)37(44)45-34(22-8-3-1-4-9-22)23-10-5-2-6-11-23/h1-18,20,32,34,36H,19,21H2,(H,39,42)/t32?,36-/m1/s1. The van der Waals surface area contributed by atoms with E-state index in [9.17, 15) is 23.6 Å². The lowest BCUT2D eigenvalue weighted by Crippen LogP contribution is -2.70. The highest BCUT2D eigenvalue weighted by atomic mass is 32.2. The summed E-state index contributed by atoms with van der Waals surface area (Å²) >= 11 is 5.46. The predicted octanol–water partition coefficient (Wildman–Crippen LogP) is 7.30. The van der Waals surface area contributed by atoms with E-state index in [4.69, 9.17) is 4.74 Å². The van der Waals surface area contributed by atoms with Crippen LogP contribution in [0.25, 0.3) is 10.1 Å². The van der Waals surface area contributed by atoms with Gasteiger partial charge in [-0.05, 0) is 57.8 Å². The molecular weight excluding hydrogens is 700 g/mol. The summed E-state index contributed by atoms with van der Waals surface area (Å²) in [5.41, 5.74) is 2.01. The largest absolute Gasteiger partial charge is 0.448 e. The molecule has 1 N–H and O–H groups in total. The van der Waals surface area contributed by atoms with Gasteiger partial charge in [-0.3, -0.25) is 19.3 Å². The molecule has 12 heteroatoms. The topological polar surface area (TPSA) is 92.8 Å². The Morgan fingerprint density at radius 1 is 0.980 bits per heavy atom. The molecule has 2 aliphatic rings. The first-order chi connectivity index (χ1) is 23.9. The lowest BCUT2D eigenvalue weighted by atomic mass is 10.0. The van der Waals surface area contributed by atoms with Gasteiger partial charge < -0.3 is 10.1 Å². The second-order valence-electron chi connectivity index (χ2n) is 11.2. The van der Waals surface area contributed by atoms with Crippen LogP contribution in [-0.4, -0.2) is 39.9 Å². The number of nitrogens with one attached hydrogen (secondary N) is 1. The van der Waals surface area contributed by atoms with Crippen molar-refractivity contribution >= 4 is 74.1 Å². The van der Waals surface area contributed by atoms with Crippen molar-refractivity contribution in [2.45, 2.75) is 28.1 Å². The van der Waals surface area contributed by atoms with Crippen molar-refractivity contribution < 1.29 is 23.5 Å². The molecule has 0 saturated carbocycles. The van der Waals surface area contributed by atoms with E-state index in [1.165, 1.54) is 75.4 Å². The normalized spacial score (nSPS) is 17.3. The van der Waals surface area contributed by atoms with Crippen molar-refractivity contribution in [3.8, 4) is 0 Å². The Kier molecular flexibility index (Phi) is 9.81. The third-order valence-electron chi connectivity index (χ3n) is 7.97. The lowest BCUT2D eigenvalue weighted by Gasteiger charge is -2.49. The van der Waals surface area contributed by atoms with Gasteiger partial charge in [0, 0.05) is 26.8 Å². The summed E-state index contributed by atoms with van der Waals surface area (Å²) in [6, 6.07) is 27.3. The molecule has 2 aliphatic heterocycles. The highest BCUT2D eigenvalue weighted by molar-refractivity contribution is 8.04. The molecule has 246 valence electrons. The third kappa shape index (κ3) is 7.13. The van der Waals surface area contributed by atoms with Crippen LogP contribution >= 0.6 is 46.2 Å². The maximum atomic E-state index is 14.2. The van der Waals surface area contributed by atoms with Crippen LogP contribution in [0.5, 0.6) is 0 Å². The second-order valence-corrected chi connectivity index (χ2v) is 15.6. The van der Waals surface area contributed by atoms with Crippen LogP contribution in [-0.2, 0) is 25.5 Å². The van der Waals surface area contributed by atoms with Gasteiger partial charge in [-0.1, -0.05) is 78.5 Å². The second kappa shape index (κ2) is 14.6. The number of thioether (sulfide) groups is 2. The van der Waals surface area contributed by atoms with Crippen molar-refractivity contribution in [2.75, 3.05) is 5.75 Å². The SMILES string of the molecule is O=C(Cc1cccs1)NC1C(=O)N2C(C(=O)OC(c3ccccc3)c3ccccc3)=C(C=CSc3cc(=O)c4ccc(F)cc4s3)CS[C@H]12. The van der Waals surface area contributed by atoms with Crippen LogP contribution in [0.3, 0.4) is 0 Å². The molecule has 3 aromatic carbocycles. The number of carbonyl (C=O) groups excluding carboxylic acids is 3. The van der Waals surface area contributed by atoms with Crippen molar-refractivity contribution in [1.82, 2.24) is 10.2 Å². The number of rotatable bonds is 10. The first-order valence-corrected chi connectivity index (χ1v) is 18.9. The van der Waals surface area contributed by atoms with E-state index >= 15 is 0 Å². The number of amides is 2. The number of hydrogen-bond donors (Lipinski definition) is 1. The maximum absolute atomic E-state index is 14.2. The molecule has 1 saturated heterocycles. The smallest absolute Gasteiger partial charge is 0.356 e. The Morgan fingerprint density at radius 2 is 1.71 bits per heavy atom. The number of hydrogen-bond acceptors (Lipinski definition) is 9. The van der Waals surface area contributed by atoms with Gasteiger partial charge in [-0.25, -0.2) is 9.18 Å². The Labute approximate surface area is 297 Å². The Morgan fingerprint density at radius 3 is 2.41 bits per heavy atom. The van der Waals surface area contributed by atoms with Crippen molar-refractivity contribution in [2.24, 2.45) is 0 Å². The molecule has 0 aliphatic carbocycles. The minimum Gasteiger partial charge on any atom is -0.448 e.